The number of nitrogens with one attached hydrogen (secondary N) is 2. The van der Waals surface area contributed by atoms with E-state index in [9.17, 15) is 14.0 Å². The molecule has 9 heteroatoms. The van der Waals surface area contributed by atoms with Gasteiger partial charge in [0.2, 0.25) is 5.91 Å². The van der Waals surface area contributed by atoms with Crippen molar-refractivity contribution < 1.29 is 14.0 Å². The van der Waals surface area contributed by atoms with Gasteiger partial charge in [-0.15, -0.1) is 0 Å². The van der Waals surface area contributed by atoms with Crippen LogP contribution in [0.3, 0.4) is 0 Å². The third-order valence-corrected chi connectivity index (χ3v) is 4.66. The molecule has 2 aromatic carbocycles. The van der Waals surface area contributed by atoms with Crippen molar-refractivity contribution in [2.45, 2.75) is 19.9 Å². The second-order valence-corrected chi connectivity index (χ2v) is 7.07. The fourth-order valence-electron chi connectivity index (χ4n) is 3.11. The number of hydrogen-bond acceptors (Lipinski definition) is 4. The van der Waals surface area contributed by atoms with Crippen LogP contribution in [0.1, 0.15) is 29.4 Å². The molecule has 2 heterocycles. The molecule has 0 aliphatic rings. The minimum atomic E-state index is -0.447. The predicted octanol–water partition coefficient (Wildman–Crippen LogP) is 3.86. The second-order valence-electron chi connectivity index (χ2n) is 7.07. The molecule has 162 valence electrons. The highest BCUT2D eigenvalue weighted by Gasteiger charge is 2.17. The van der Waals surface area contributed by atoms with Crippen molar-refractivity contribution in [1.29, 1.82) is 0 Å². The number of amides is 2. The Kier molecular flexibility index (Phi) is 6.07. The Morgan fingerprint density at radius 1 is 1.03 bits per heavy atom. The molecule has 0 unspecified atom stereocenters. The van der Waals surface area contributed by atoms with Gasteiger partial charge in [-0.3, -0.25) is 14.3 Å². The van der Waals surface area contributed by atoms with E-state index in [0.717, 1.165) is 5.56 Å². The highest BCUT2D eigenvalue weighted by Crippen LogP contribution is 2.19. The van der Waals surface area contributed by atoms with Crippen LogP contribution >= 0.6 is 0 Å². The summed E-state index contributed by atoms with van der Waals surface area (Å²) in [5, 5.41) is 14.1. The maximum Gasteiger partial charge on any atom is 0.276 e. The van der Waals surface area contributed by atoms with Crippen LogP contribution in [0.2, 0.25) is 0 Å². The van der Waals surface area contributed by atoms with Crippen molar-refractivity contribution in [1.82, 2.24) is 19.6 Å². The van der Waals surface area contributed by atoms with Gasteiger partial charge in [0, 0.05) is 18.7 Å². The number of nitrogens with zero attached hydrogens (tertiary/aromatic N) is 4. The standard InChI is InChI=1S/C23H21FN6O2/c1-2-22(31)27-21-12-20(28-30(21)19-9-4-3-5-10-19)23(32)26-18-13-25-29(15-18)14-16-7-6-8-17(24)11-16/h3-13,15H,2,14H2,1H3,(H,26,32)(H,27,31). The van der Waals surface area contributed by atoms with Crippen LogP contribution in [0.15, 0.2) is 73.1 Å². The van der Waals surface area contributed by atoms with E-state index >= 15 is 0 Å². The summed E-state index contributed by atoms with van der Waals surface area (Å²) in [4.78, 5) is 24.7. The lowest BCUT2D eigenvalue weighted by Gasteiger charge is -2.07. The maximum absolute atomic E-state index is 13.4. The molecule has 2 N–H and O–H groups in total. The first kappa shape index (κ1) is 21.0. The lowest BCUT2D eigenvalue weighted by atomic mass is 10.2. The molecule has 0 radical (unpaired) electrons. The quantitative estimate of drug-likeness (QED) is 0.464. The number of benzene rings is 2. The van der Waals surface area contributed by atoms with Crippen LogP contribution in [0.25, 0.3) is 5.69 Å². The molecule has 0 aliphatic carbocycles. The fourth-order valence-corrected chi connectivity index (χ4v) is 3.11. The van der Waals surface area contributed by atoms with Gasteiger partial charge in [-0.25, -0.2) is 9.07 Å². The summed E-state index contributed by atoms with van der Waals surface area (Å²) >= 11 is 0. The average Bonchev–Trinajstić information content (AvgIpc) is 3.41. The zero-order chi connectivity index (χ0) is 22.5. The summed E-state index contributed by atoms with van der Waals surface area (Å²) in [6, 6.07) is 17.0. The summed E-state index contributed by atoms with van der Waals surface area (Å²) in [5.41, 5.74) is 2.07. The summed E-state index contributed by atoms with van der Waals surface area (Å²) in [6.45, 7) is 2.11. The van der Waals surface area contributed by atoms with E-state index in [1.54, 1.807) is 29.9 Å². The van der Waals surface area contributed by atoms with E-state index in [4.69, 9.17) is 0 Å². The summed E-state index contributed by atoms with van der Waals surface area (Å²) in [7, 11) is 0. The number of carbonyl (C=O) groups is 2. The molecule has 0 bridgehead atoms. The molecule has 0 aliphatic heterocycles. The number of carbonyl (C=O) groups excluding carboxylic acids is 2. The second kappa shape index (κ2) is 9.25. The molecule has 0 saturated carbocycles. The molecule has 4 aromatic rings. The van der Waals surface area contributed by atoms with Gasteiger partial charge in [-0.2, -0.15) is 10.2 Å². The Hall–Kier alpha value is -4.27. The van der Waals surface area contributed by atoms with Crippen LogP contribution in [0, 0.1) is 5.82 Å². The van der Waals surface area contributed by atoms with Gasteiger partial charge in [-0.1, -0.05) is 37.3 Å². The van der Waals surface area contributed by atoms with Crippen molar-refractivity contribution in [2.24, 2.45) is 0 Å². The van der Waals surface area contributed by atoms with Crippen molar-refractivity contribution in [3.05, 3.63) is 90.1 Å². The highest BCUT2D eigenvalue weighted by molar-refractivity contribution is 6.03. The average molecular weight is 432 g/mol. The summed E-state index contributed by atoms with van der Waals surface area (Å²) < 4.78 is 16.5. The third-order valence-electron chi connectivity index (χ3n) is 4.66. The normalized spacial score (nSPS) is 10.7. The Labute approximate surface area is 183 Å². The first-order chi connectivity index (χ1) is 15.5. The molecule has 4 rings (SSSR count). The third kappa shape index (κ3) is 4.89. The number of hydrogen-bond donors (Lipinski definition) is 2. The van der Waals surface area contributed by atoms with Crippen LogP contribution in [0.4, 0.5) is 15.9 Å². The number of anilines is 2. The number of halogens is 1. The Bertz CT molecular complexity index is 1250. The smallest absolute Gasteiger partial charge is 0.276 e. The molecule has 8 nitrogen and oxygen atoms in total. The van der Waals surface area contributed by atoms with Crippen molar-refractivity contribution in [3.8, 4) is 5.69 Å². The summed E-state index contributed by atoms with van der Waals surface area (Å²) in [5.74, 6) is -0.553. The fraction of sp³-hybridized carbons (Fsp3) is 0.130. The first-order valence-electron chi connectivity index (χ1n) is 10.1. The van der Waals surface area contributed by atoms with E-state index < -0.39 is 5.91 Å². The zero-order valence-corrected chi connectivity index (χ0v) is 17.3. The molecule has 2 amide bonds. The molecular formula is C23H21FN6O2. The molecule has 32 heavy (non-hydrogen) atoms. The topological polar surface area (TPSA) is 93.8 Å². The van der Waals surface area contributed by atoms with Gasteiger partial charge in [0.15, 0.2) is 5.69 Å². The largest absolute Gasteiger partial charge is 0.318 e. The van der Waals surface area contributed by atoms with Gasteiger partial charge in [0.25, 0.3) is 5.91 Å². The zero-order valence-electron chi connectivity index (χ0n) is 17.3. The number of rotatable bonds is 7. The van der Waals surface area contributed by atoms with E-state index in [0.29, 0.717) is 30.2 Å². The molecular weight excluding hydrogens is 411 g/mol. The van der Waals surface area contributed by atoms with Gasteiger partial charge >= 0.3 is 0 Å². The Morgan fingerprint density at radius 2 is 1.84 bits per heavy atom. The van der Waals surface area contributed by atoms with Crippen LogP contribution in [-0.2, 0) is 11.3 Å². The minimum absolute atomic E-state index is 0.137. The minimum Gasteiger partial charge on any atom is -0.318 e. The molecule has 0 saturated heterocycles. The van der Waals surface area contributed by atoms with E-state index in [1.807, 2.05) is 30.3 Å². The maximum atomic E-state index is 13.4. The van der Waals surface area contributed by atoms with E-state index in [2.05, 4.69) is 20.8 Å². The first-order valence-corrected chi connectivity index (χ1v) is 10.1. The lowest BCUT2D eigenvalue weighted by Crippen LogP contribution is -2.13. The molecule has 2 aromatic heterocycles. The SMILES string of the molecule is CCC(=O)Nc1cc(C(=O)Nc2cnn(Cc3cccc(F)c3)c2)nn1-c1ccccc1. The van der Waals surface area contributed by atoms with Gasteiger partial charge < -0.3 is 10.6 Å². The van der Waals surface area contributed by atoms with Crippen molar-refractivity contribution >= 4 is 23.3 Å². The number of aromatic nitrogens is 4. The van der Waals surface area contributed by atoms with Crippen LogP contribution in [-0.4, -0.2) is 31.4 Å². The predicted molar refractivity (Wildman–Crippen MR) is 118 cm³/mol. The van der Waals surface area contributed by atoms with Gasteiger partial charge in [-0.05, 0) is 29.8 Å². The molecule has 0 spiro atoms. The Morgan fingerprint density at radius 3 is 2.59 bits per heavy atom. The lowest BCUT2D eigenvalue weighted by molar-refractivity contribution is -0.115. The monoisotopic (exact) mass is 432 g/mol. The van der Waals surface area contributed by atoms with Crippen LogP contribution < -0.4 is 10.6 Å². The van der Waals surface area contributed by atoms with E-state index in [-0.39, 0.29) is 17.4 Å². The van der Waals surface area contributed by atoms with Crippen molar-refractivity contribution in [3.63, 3.8) is 0 Å². The van der Waals surface area contributed by atoms with Crippen LogP contribution in [0.5, 0.6) is 0 Å². The Balaban J connectivity index is 1.52. The van der Waals surface area contributed by atoms with Gasteiger partial charge in [0.1, 0.15) is 11.6 Å². The van der Waals surface area contributed by atoms with Gasteiger partial charge in [0.05, 0.1) is 24.1 Å². The number of para-hydroxylation sites is 1. The van der Waals surface area contributed by atoms with E-state index in [1.165, 1.54) is 29.1 Å². The molecule has 0 fully saturated rings. The highest BCUT2D eigenvalue weighted by atomic mass is 19.1. The summed E-state index contributed by atoms with van der Waals surface area (Å²) in [6.07, 6.45) is 3.45. The van der Waals surface area contributed by atoms with Crippen molar-refractivity contribution in [2.75, 3.05) is 10.6 Å². The molecule has 0 atom stereocenters.